The summed E-state index contributed by atoms with van der Waals surface area (Å²) in [6, 6.07) is 1.32. The highest BCUT2D eigenvalue weighted by Crippen LogP contribution is 2.40. The first-order valence-corrected chi connectivity index (χ1v) is 11.6. The predicted molar refractivity (Wildman–Crippen MR) is 114 cm³/mol. The van der Waals surface area contributed by atoms with Crippen LogP contribution in [0.25, 0.3) is 0 Å². The smallest absolute Gasteiger partial charge is 0.382 e. The first-order chi connectivity index (χ1) is 15.0. The van der Waals surface area contributed by atoms with Gasteiger partial charge in [-0.05, 0) is 25.0 Å². The SMILES string of the molecule is CS(=O)c1cnn(C(=Nc2c(Cl)cc(C(F)(F)F)cc2Cl)NOC(=O)C2CCCC2)c1N. The van der Waals surface area contributed by atoms with Gasteiger partial charge in [0, 0.05) is 6.26 Å². The molecule has 0 aliphatic heterocycles. The van der Waals surface area contributed by atoms with Crippen LogP contribution in [-0.4, -0.2) is 32.2 Å². The normalized spacial score (nSPS) is 16.2. The number of alkyl halides is 3. The van der Waals surface area contributed by atoms with Gasteiger partial charge in [0.05, 0.1) is 38.5 Å². The van der Waals surface area contributed by atoms with Crippen molar-refractivity contribution in [2.75, 3.05) is 12.0 Å². The zero-order valence-electron chi connectivity index (χ0n) is 16.6. The molecule has 0 spiro atoms. The first kappa shape index (κ1) is 24.3. The summed E-state index contributed by atoms with van der Waals surface area (Å²) < 4.78 is 51.8. The molecule has 1 aliphatic rings. The van der Waals surface area contributed by atoms with Crippen molar-refractivity contribution in [3.63, 3.8) is 0 Å². The molecule has 1 saturated carbocycles. The van der Waals surface area contributed by atoms with E-state index in [1.807, 2.05) is 0 Å². The quantitative estimate of drug-likeness (QED) is 0.361. The van der Waals surface area contributed by atoms with Crippen LogP contribution in [0.2, 0.25) is 10.0 Å². The Balaban J connectivity index is 2.01. The van der Waals surface area contributed by atoms with Crippen LogP contribution in [0.5, 0.6) is 0 Å². The lowest BCUT2D eigenvalue weighted by Crippen LogP contribution is -2.35. The van der Waals surface area contributed by atoms with Crippen LogP contribution in [0.4, 0.5) is 24.7 Å². The molecule has 1 heterocycles. The number of nitrogen functional groups attached to an aromatic ring is 1. The third-order valence-corrected chi connectivity index (χ3v) is 6.28. The van der Waals surface area contributed by atoms with E-state index in [1.165, 1.54) is 12.5 Å². The lowest BCUT2D eigenvalue weighted by atomic mass is 10.1. The van der Waals surface area contributed by atoms with E-state index in [1.54, 1.807) is 0 Å². The molecule has 1 aromatic carbocycles. The van der Waals surface area contributed by atoms with Crippen molar-refractivity contribution in [3.8, 4) is 0 Å². The Kier molecular flexibility index (Phi) is 7.36. The number of nitrogens with one attached hydrogen (secondary N) is 1. The van der Waals surface area contributed by atoms with E-state index >= 15 is 0 Å². The minimum Gasteiger partial charge on any atom is -0.382 e. The fourth-order valence-electron chi connectivity index (χ4n) is 3.13. The molecule has 14 heteroatoms. The number of halogens is 5. The number of benzene rings is 1. The lowest BCUT2D eigenvalue weighted by Gasteiger charge is -2.15. The van der Waals surface area contributed by atoms with Gasteiger partial charge < -0.3 is 10.6 Å². The molecular formula is C18H18Cl2F3N5O3S. The molecule has 1 aromatic heterocycles. The molecule has 3 N–H and O–H groups in total. The van der Waals surface area contributed by atoms with Crippen LogP contribution in [-0.2, 0) is 26.6 Å². The van der Waals surface area contributed by atoms with E-state index in [9.17, 15) is 22.2 Å². The molecule has 1 fully saturated rings. The van der Waals surface area contributed by atoms with Gasteiger partial charge in [-0.15, -0.1) is 0 Å². The van der Waals surface area contributed by atoms with E-state index < -0.39 is 38.6 Å². The topological polar surface area (TPSA) is 112 Å². The monoisotopic (exact) mass is 511 g/mol. The van der Waals surface area contributed by atoms with Gasteiger partial charge in [-0.1, -0.05) is 36.0 Å². The van der Waals surface area contributed by atoms with Crippen molar-refractivity contribution in [2.45, 2.75) is 36.8 Å². The van der Waals surface area contributed by atoms with Crippen molar-refractivity contribution in [3.05, 3.63) is 33.9 Å². The van der Waals surface area contributed by atoms with Crippen LogP contribution < -0.4 is 11.2 Å². The highest BCUT2D eigenvalue weighted by molar-refractivity contribution is 7.84. The summed E-state index contributed by atoms with van der Waals surface area (Å²) in [5.41, 5.74) is 7.01. The molecule has 1 unspecified atom stereocenters. The Labute approximate surface area is 193 Å². The Morgan fingerprint density at radius 3 is 2.41 bits per heavy atom. The fraction of sp³-hybridized carbons (Fsp3) is 0.389. The van der Waals surface area contributed by atoms with Gasteiger partial charge in [0.25, 0.3) is 5.96 Å². The van der Waals surface area contributed by atoms with Gasteiger partial charge in [0.1, 0.15) is 16.4 Å². The average Bonchev–Trinajstić information content (AvgIpc) is 3.36. The number of carbonyl (C=O) groups is 1. The highest BCUT2D eigenvalue weighted by atomic mass is 35.5. The highest BCUT2D eigenvalue weighted by Gasteiger charge is 2.32. The molecule has 174 valence electrons. The molecule has 0 saturated heterocycles. The van der Waals surface area contributed by atoms with E-state index in [4.69, 9.17) is 33.8 Å². The zero-order chi connectivity index (χ0) is 23.6. The number of hydrogen-bond donors (Lipinski definition) is 2. The minimum atomic E-state index is -4.67. The predicted octanol–water partition coefficient (Wildman–Crippen LogP) is 4.30. The molecule has 1 atom stereocenters. The van der Waals surface area contributed by atoms with Gasteiger partial charge in [-0.25, -0.2) is 9.79 Å². The minimum absolute atomic E-state index is 0.0897. The number of aliphatic imine (C=N–C) groups is 1. The largest absolute Gasteiger partial charge is 0.416 e. The number of hydrogen-bond acceptors (Lipinski definition) is 6. The van der Waals surface area contributed by atoms with Crippen LogP contribution in [0, 0.1) is 5.92 Å². The van der Waals surface area contributed by atoms with Crippen LogP contribution in [0.1, 0.15) is 31.2 Å². The van der Waals surface area contributed by atoms with Crippen LogP contribution >= 0.6 is 23.2 Å². The standard InChI is InChI=1S/C18H18Cl2F3N5O3S/c1-32(30)13-8-25-28(15(13)24)17(27-31-16(29)9-4-2-3-5-9)26-14-11(19)6-10(7-12(14)20)18(21,22)23/h6-9H,2-5,24H2,1H3,(H,26,27). The Bertz CT molecular complexity index is 1060. The van der Waals surface area contributed by atoms with Crippen LogP contribution in [0.15, 0.2) is 28.2 Å². The van der Waals surface area contributed by atoms with E-state index in [0.29, 0.717) is 25.0 Å². The number of carbonyl (C=O) groups excluding carboxylic acids is 1. The number of aromatic nitrogens is 2. The first-order valence-electron chi connectivity index (χ1n) is 9.28. The lowest BCUT2D eigenvalue weighted by molar-refractivity contribution is -0.152. The maximum atomic E-state index is 13.0. The van der Waals surface area contributed by atoms with E-state index in [-0.39, 0.29) is 28.3 Å². The third kappa shape index (κ3) is 5.36. The molecule has 1 aliphatic carbocycles. The van der Waals surface area contributed by atoms with E-state index in [0.717, 1.165) is 17.5 Å². The molecule has 32 heavy (non-hydrogen) atoms. The number of rotatable bonds is 3. The third-order valence-electron chi connectivity index (χ3n) is 4.77. The average molecular weight is 512 g/mol. The van der Waals surface area contributed by atoms with Gasteiger partial charge >= 0.3 is 12.1 Å². The number of anilines is 1. The van der Waals surface area contributed by atoms with Gasteiger partial charge in [-0.2, -0.15) is 28.4 Å². The number of nitrogens with zero attached hydrogens (tertiary/aromatic N) is 3. The molecule has 0 radical (unpaired) electrons. The van der Waals surface area contributed by atoms with Crippen molar-refractivity contribution in [1.82, 2.24) is 15.3 Å². The molecule has 2 aromatic rings. The maximum absolute atomic E-state index is 13.0. The summed E-state index contributed by atoms with van der Waals surface area (Å²) >= 11 is 12.0. The van der Waals surface area contributed by atoms with Crippen molar-refractivity contribution in [1.29, 1.82) is 0 Å². The molecule has 8 nitrogen and oxygen atoms in total. The second-order valence-corrected chi connectivity index (χ2v) is 9.15. The molecule has 0 bridgehead atoms. The maximum Gasteiger partial charge on any atom is 0.416 e. The summed E-state index contributed by atoms with van der Waals surface area (Å²) in [6.45, 7) is 0. The molecular weight excluding hydrogens is 494 g/mol. The molecule has 3 rings (SSSR count). The summed E-state index contributed by atoms with van der Waals surface area (Å²) in [4.78, 5) is 21.7. The summed E-state index contributed by atoms with van der Waals surface area (Å²) in [7, 11) is -1.50. The van der Waals surface area contributed by atoms with Gasteiger partial charge in [-0.3, -0.25) is 4.21 Å². The Morgan fingerprint density at radius 1 is 1.31 bits per heavy atom. The second-order valence-electron chi connectivity index (χ2n) is 6.99. The van der Waals surface area contributed by atoms with Crippen LogP contribution in [0.3, 0.4) is 0 Å². The fourth-order valence-corrected chi connectivity index (χ4v) is 4.28. The zero-order valence-corrected chi connectivity index (χ0v) is 18.9. The Hall–Kier alpha value is -2.31. The number of nitrogens with two attached hydrogens (primary N) is 1. The van der Waals surface area contributed by atoms with Crippen molar-refractivity contribution in [2.24, 2.45) is 10.9 Å². The second kappa shape index (κ2) is 9.67. The number of hydroxylamine groups is 1. The summed E-state index contributed by atoms with van der Waals surface area (Å²) in [5, 5.41) is 3.16. The molecule has 0 amide bonds. The summed E-state index contributed by atoms with van der Waals surface area (Å²) in [5.74, 6) is -1.23. The Morgan fingerprint density at radius 2 is 1.91 bits per heavy atom. The van der Waals surface area contributed by atoms with Gasteiger partial charge in [0.2, 0.25) is 0 Å². The summed E-state index contributed by atoms with van der Waals surface area (Å²) in [6.07, 6.45) is 1.08. The van der Waals surface area contributed by atoms with Crippen molar-refractivity contribution >= 4 is 57.4 Å². The van der Waals surface area contributed by atoms with Crippen molar-refractivity contribution < 1.29 is 27.0 Å². The van der Waals surface area contributed by atoms with E-state index in [2.05, 4.69) is 15.6 Å². The van der Waals surface area contributed by atoms with Gasteiger partial charge in [0.15, 0.2) is 0 Å².